The van der Waals surface area contributed by atoms with E-state index in [1.54, 1.807) is 19.2 Å². The minimum atomic E-state index is -4.14. The molecule has 1 aromatic rings. The molecule has 1 atom stereocenters. The van der Waals surface area contributed by atoms with Gasteiger partial charge in [-0.25, -0.2) is 4.39 Å². The van der Waals surface area contributed by atoms with Gasteiger partial charge in [-0.15, -0.1) is 24.0 Å². The average Bonchev–Trinajstić information content (AvgIpc) is 3.09. The van der Waals surface area contributed by atoms with Crippen LogP contribution in [0.15, 0.2) is 29.3 Å². The lowest BCUT2D eigenvalue weighted by Crippen LogP contribution is -2.53. The Balaban J connectivity index is 0.00000300. The maximum Gasteiger partial charge on any atom is 0.401 e. The summed E-state index contributed by atoms with van der Waals surface area (Å²) in [5, 5.41) is 3.33. The van der Waals surface area contributed by atoms with Crippen molar-refractivity contribution >= 4 is 35.6 Å². The van der Waals surface area contributed by atoms with E-state index in [9.17, 15) is 17.6 Å². The molecule has 0 aliphatic carbocycles. The number of likely N-dealkylation sites (tertiary alicyclic amines) is 1. The molecule has 29 heavy (non-hydrogen) atoms. The molecule has 0 bridgehead atoms. The van der Waals surface area contributed by atoms with Gasteiger partial charge in [0.25, 0.3) is 0 Å². The summed E-state index contributed by atoms with van der Waals surface area (Å²) in [7, 11) is 1.72. The van der Waals surface area contributed by atoms with E-state index >= 15 is 0 Å². The number of nitrogens with one attached hydrogen (secondary N) is 1. The van der Waals surface area contributed by atoms with Gasteiger partial charge in [0.1, 0.15) is 5.82 Å². The van der Waals surface area contributed by atoms with E-state index in [1.165, 1.54) is 17.0 Å². The summed E-state index contributed by atoms with van der Waals surface area (Å²) >= 11 is 0. The first kappa shape index (κ1) is 24.0. The van der Waals surface area contributed by atoms with Crippen LogP contribution in [0.3, 0.4) is 0 Å². The molecule has 0 amide bonds. The molecule has 0 radical (unpaired) electrons. The van der Waals surface area contributed by atoms with E-state index in [2.05, 4.69) is 20.1 Å². The van der Waals surface area contributed by atoms with E-state index in [-0.39, 0.29) is 35.7 Å². The maximum absolute atomic E-state index is 13.1. The molecular weight excluding hydrogens is 501 g/mol. The summed E-state index contributed by atoms with van der Waals surface area (Å²) in [6, 6.07) is 6.49. The van der Waals surface area contributed by atoms with Crippen molar-refractivity contribution in [3.05, 3.63) is 30.1 Å². The van der Waals surface area contributed by atoms with Crippen molar-refractivity contribution in [2.75, 3.05) is 64.3 Å². The van der Waals surface area contributed by atoms with E-state index in [0.29, 0.717) is 19.6 Å². The zero-order valence-electron chi connectivity index (χ0n) is 16.5. The third-order valence-corrected chi connectivity index (χ3v) is 5.30. The quantitative estimate of drug-likeness (QED) is 0.282. The lowest BCUT2D eigenvalue weighted by Gasteiger charge is -2.38. The van der Waals surface area contributed by atoms with E-state index in [1.807, 2.05) is 0 Å². The zero-order chi connectivity index (χ0) is 20.1. The number of halogens is 5. The molecule has 2 heterocycles. The molecule has 0 saturated carbocycles. The SMILES string of the molecule is CN=C(NCC1CCN(CC(F)(F)F)C1)N1CCN(c2ccc(F)cc2)CC1.I. The summed E-state index contributed by atoms with van der Waals surface area (Å²) in [6.45, 7) is 3.90. The molecule has 2 aliphatic heterocycles. The van der Waals surface area contributed by atoms with E-state index < -0.39 is 12.7 Å². The molecule has 0 aromatic heterocycles. The Morgan fingerprint density at radius 2 is 1.76 bits per heavy atom. The highest BCUT2D eigenvalue weighted by atomic mass is 127. The molecule has 2 aliphatic rings. The summed E-state index contributed by atoms with van der Waals surface area (Å²) in [6.07, 6.45) is -3.37. The highest BCUT2D eigenvalue weighted by Gasteiger charge is 2.34. The fraction of sp³-hybridized carbons (Fsp3) is 0.632. The molecule has 3 rings (SSSR count). The lowest BCUT2D eigenvalue weighted by molar-refractivity contribution is -0.143. The second-order valence-corrected chi connectivity index (χ2v) is 7.38. The maximum atomic E-state index is 13.1. The van der Waals surface area contributed by atoms with Crippen molar-refractivity contribution in [1.82, 2.24) is 15.1 Å². The lowest BCUT2D eigenvalue weighted by atomic mass is 10.1. The zero-order valence-corrected chi connectivity index (χ0v) is 18.8. The minimum Gasteiger partial charge on any atom is -0.368 e. The van der Waals surface area contributed by atoms with Crippen LogP contribution in [-0.2, 0) is 0 Å². The van der Waals surface area contributed by atoms with Crippen LogP contribution in [0.4, 0.5) is 23.2 Å². The highest BCUT2D eigenvalue weighted by molar-refractivity contribution is 14.0. The third-order valence-electron chi connectivity index (χ3n) is 5.30. The van der Waals surface area contributed by atoms with Crippen LogP contribution >= 0.6 is 24.0 Å². The summed E-state index contributed by atoms with van der Waals surface area (Å²) in [4.78, 5) is 10.2. The molecular formula is C19H28F4IN5. The van der Waals surface area contributed by atoms with Gasteiger partial charge in [-0.1, -0.05) is 0 Å². The molecule has 1 unspecified atom stereocenters. The van der Waals surface area contributed by atoms with Crippen LogP contribution in [0, 0.1) is 11.7 Å². The van der Waals surface area contributed by atoms with Crippen LogP contribution < -0.4 is 10.2 Å². The Morgan fingerprint density at radius 3 is 2.34 bits per heavy atom. The fourth-order valence-electron chi connectivity index (χ4n) is 3.87. The van der Waals surface area contributed by atoms with E-state index in [4.69, 9.17) is 0 Å². The predicted octanol–water partition coefficient (Wildman–Crippen LogP) is 3.03. The number of piperazine rings is 1. The molecule has 10 heteroatoms. The number of nitrogens with zero attached hydrogens (tertiary/aromatic N) is 4. The molecule has 5 nitrogen and oxygen atoms in total. The van der Waals surface area contributed by atoms with Gasteiger partial charge in [0, 0.05) is 52.0 Å². The summed E-state index contributed by atoms with van der Waals surface area (Å²) in [5.41, 5.74) is 1.000. The number of alkyl halides is 3. The Bertz CT molecular complexity index is 660. The normalized spacial score (nSPS) is 21.3. The van der Waals surface area contributed by atoms with Gasteiger partial charge in [-0.05, 0) is 43.1 Å². The predicted molar refractivity (Wildman–Crippen MR) is 118 cm³/mol. The van der Waals surface area contributed by atoms with Crippen LogP contribution in [-0.4, -0.2) is 81.3 Å². The summed E-state index contributed by atoms with van der Waals surface area (Å²) < 4.78 is 50.6. The summed E-state index contributed by atoms with van der Waals surface area (Å²) in [5.74, 6) is 0.736. The standard InChI is InChI=1S/C19H27F4N5.HI/c1-24-18(25-12-15-6-7-26(13-15)14-19(21,22)23)28-10-8-27(9-11-28)17-4-2-16(20)3-5-17;/h2-5,15H,6-14H2,1H3,(H,24,25);1H. The van der Waals surface area contributed by atoms with Gasteiger partial charge in [0.15, 0.2) is 5.96 Å². The number of aliphatic imine (C=N–C) groups is 1. The average molecular weight is 529 g/mol. The Kier molecular flexibility index (Phi) is 8.80. The molecule has 1 aromatic carbocycles. The monoisotopic (exact) mass is 529 g/mol. The molecule has 2 fully saturated rings. The number of benzene rings is 1. The van der Waals surface area contributed by atoms with Crippen molar-refractivity contribution in [1.29, 1.82) is 0 Å². The van der Waals surface area contributed by atoms with Crippen molar-refractivity contribution in [2.24, 2.45) is 10.9 Å². The van der Waals surface area contributed by atoms with Crippen molar-refractivity contribution in [3.63, 3.8) is 0 Å². The third kappa shape index (κ3) is 7.16. The Labute approximate surface area is 186 Å². The Morgan fingerprint density at radius 1 is 1.10 bits per heavy atom. The first-order chi connectivity index (χ1) is 13.3. The van der Waals surface area contributed by atoms with E-state index in [0.717, 1.165) is 44.2 Å². The van der Waals surface area contributed by atoms with Crippen LogP contribution in [0.2, 0.25) is 0 Å². The van der Waals surface area contributed by atoms with Gasteiger partial charge < -0.3 is 15.1 Å². The molecule has 0 spiro atoms. The molecule has 2 saturated heterocycles. The molecule has 1 N–H and O–H groups in total. The van der Waals surface area contributed by atoms with Gasteiger partial charge in [0.05, 0.1) is 6.54 Å². The van der Waals surface area contributed by atoms with Crippen molar-refractivity contribution < 1.29 is 17.6 Å². The second-order valence-electron chi connectivity index (χ2n) is 7.38. The topological polar surface area (TPSA) is 34.1 Å². The smallest absolute Gasteiger partial charge is 0.368 e. The minimum absolute atomic E-state index is 0. The Hall–Kier alpha value is -1.30. The number of hydrogen-bond acceptors (Lipinski definition) is 3. The number of rotatable bonds is 4. The van der Waals surface area contributed by atoms with Crippen LogP contribution in [0.25, 0.3) is 0 Å². The molecule has 164 valence electrons. The van der Waals surface area contributed by atoms with Crippen LogP contribution in [0.5, 0.6) is 0 Å². The van der Waals surface area contributed by atoms with Crippen molar-refractivity contribution in [2.45, 2.75) is 12.6 Å². The highest BCUT2D eigenvalue weighted by Crippen LogP contribution is 2.22. The number of hydrogen-bond donors (Lipinski definition) is 1. The first-order valence-electron chi connectivity index (χ1n) is 9.59. The first-order valence-corrected chi connectivity index (χ1v) is 9.59. The van der Waals surface area contributed by atoms with Crippen molar-refractivity contribution in [3.8, 4) is 0 Å². The van der Waals surface area contributed by atoms with Gasteiger partial charge in [-0.2, -0.15) is 13.2 Å². The number of anilines is 1. The van der Waals surface area contributed by atoms with Crippen LogP contribution in [0.1, 0.15) is 6.42 Å². The number of guanidine groups is 1. The van der Waals surface area contributed by atoms with Gasteiger partial charge in [-0.3, -0.25) is 9.89 Å². The van der Waals surface area contributed by atoms with Gasteiger partial charge in [0.2, 0.25) is 0 Å². The second kappa shape index (κ2) is 10.6. The fourth-order valence-corrected chi connectivity index (χ4v) is 3.87. The largest absolute Gasteiger partial charge is 0.401 e. The van der Waals surface area contributed by atoms with Gasteiger partial charge >= 0.3 is 6.18 Å².